The van der Waals surface area contributed by atoms with E-state index in [1.54, 1.807) is 0 Å². The smallest absolute Gasteiger partial charge is 0.326 e. The standard InChI is InChI=1S/C19H28N8O6S/c1-9(28)15(27-16(29)12(20)2-10-4-21-7-23-10)18(31)26-14(6-34)17(30)25-13(19(32)33)3-11-5-22-8-24-11/h4-5,7-9,12-15,28,34H,2-3,6,20H2,1H3,(H,21,23)(H,22,24)(H,25,30)(H,26,31)(H,27,29)(H,32,33). The third-order valence-corrected chi connectivity index (χ3v) is 5.17. The van der Waals surface area contributed by atoms with Crippen LogP contribution in [0.4, 0.5) is 0 Å². The lowest BCUT2D eigenvalue weighted by Gasteiger charge is -2.25. The molecule has 0 radical (unpaired) electrons. The maximum Gasteiger partial charge on any atom is 0.326 e. The molecule has 0 saturated carbocycles. The van der Waals surface area contributed by atoms with Gasteiger partial charge in [-0.15, -0.1) is 0 Å². The van der Waals surface area contributed by atoms with Crippen LogP contribution in [0.3, 0.4) is 0 Å². The number of aromatic nitrogens is 4. The number of amides is 3. The van der Waals surface area contributed by atoms with E-state index in [-0.39, 0.29) is 18.6 Å². The third-order valence-electron chi connectivity index (χ3n) is 4.80. The minimum atomic E-state index is -1.42. The van der Waals surface area contributed by atoms with Gasteiger partial charge in [0, 0.05) is 42.4 Å². The van der Waals surface area contributed by atoms with Crippen molar-refractivity contribution in [3.05, 3.63) is 36.4 Å². The first kappa shape index (κ1) is 26.8. The van der Waals surface area contributed by atoms with Gasteiger partial charge in [0.2, 0.25) is 17.7 Å². The molecule has 5 atom stereocenters. The first-order chi connectivity index (χ1) is 16.1. The number of hydrogen-bond donors (Lipinski definition) is 9. The second kappa shape index (κ2) is 12.7. The number of carboxylic acids is 1. The monoisotopic (exact) mass is 496 g/mol. The van der Waals surface area contributed by atoms with E-state index in [1.807, 2.05) is 0 Å². The summed E-state index contributed by atoms with van der Waals surface area (Å²) in [5.41, 5.74) is 6.95. The van der Waals surface area contributed by atoms with Crippen LogP contribution in [0, 0.1) is 0 Å². The number of nitrogens with two attached hydrogens (primary N) is 1. The zero-order chi connectivity index (χ0) is 25.3. The van der Waals surface area contributed by atoms with Gasteiger partial charge < -0.3 is 41.9 Å². The molecule has 0 bridgehead atoms. The van der Waals surface area contributed by atoms with Crippen LogP contribution in [0.1, 0.15) is 18.3 Å². The van der Waals surface area contributed by atoms with Crippen molar-refractivity contribution in [2.45, 2.75) is 50.0 Å². The van der Waals surface area contributed by atoms with Crippen molar-refractivity contribution in [3.8, 4) is 0 Å². The number of aromatic amines is 2. The summed E-state index contributed by atoms with van der Waals surface area (Å²) in [5, 5.41) is 26.5. The molecule has 0 aliphatic rings. The van der Waals surface area contributed by atoms with E-state index in [0.717, 1.165) is 0 Å². The largest absolute Gasteiger partial charge is 0.480 e. The molecule has 34 heavy (non-hydrogen) atoms. The molecule has 0 aromatic carbocycles. The van der Waals surface area contributed by atoms with E-state index in [4.69, 9.17) is 5.73 Å². The molecule has 2 aromatic rings. The van der Waals surface area contributed by atoms with Crippen LogP contribution < -0.4 is 21.7 Å². The molecule has 0 saturated heterocycles. The van der Waals surface area contributed by atoms with Gasteiger partial charge in [0.25, 0.3) is 0 Å². The van der Waals surface area contributed by atoms with Crippen molar-refractivity contribution in [1.29, 1.82) is 0 Å². The Kier molecular flexibility index (Phi) is 10.0. The predicted molar refractivity (Wildman–Crippen MR) is 122 cm³/mol. The number of aliphatic hydroxyl groups excluding tert-OH is 1. The average molecular weight is 497 g/mol. The van der Waals surface area contributed by atoms with E-state index < -0.39 is 54.0 Å². The Balaban J connectivity index is 1.99. The molecule has 2 aromatic heterocycles. The Morgan fingerprint density at radius 3 is 2.00 bits per heavy atom. The van der Waals surface area contributed by atoms with E-state index >= 15 is 0 Å². The molecule has 0 aliphatic heterocycles. The summed E-state index contributed by atoms with van der Waals surface area (Å²) in [5.74, 6) is -3.83. The second-order valence-electron chi connectivity index (χ2n) is 7.54. The zero-order valence-corrected chi connectivity index (χ0v) is 19.2. The maximum absolute atomic E-state index is 12.7. The fourth-order valence-electron chi connectivity index (χ4n) is 2.94. The van der Waals surface area contributed by atoms with Crippen LogP contribution in [0.5, 0.6) is 0 Å². The third kappa shape index (κ3) is 7.86. The summed E-state index contributed by atoms with van der Waals surface area (Å²) < 4.78 is 0. The zero-order valence-electron chi connectivity index (χ0n) is 18.3. The first-order valence-corrected chi connectivity index (χ1v) is 10.9. The number of H-pyrrole nitrogens is 2. The number of hydrogen-bond acceptors (Lipinski definition) is 9. The fraction of sp³-hybridized carbons (Fsp3) is 0.474. The SMILES string of the molecule is CC(O)C(NC(=O)C(N)Cc1cnc[nH]1)C(=O)NC(CS)C(=O)NC(Cc1cnc[nH]1)C(=O)O. The molecule has 0 spiro atoms. The van der Waals surface area contributed by atoms with Crippen molar-refractivity contribution in [2.75, 3.05) is 5.75 Å². The number of thiol groups is 1. The molecule has 2 rings (SSSR count). The summed E-state index contributed by atoms with van der Waals surface area (Å²) in [7, 11) is 0. The molecule has 14 nitrogen and oxygen atoms in total. The van der Waals surface area contributed by atoms with Crippen molar-refractivity contribution in [1.82, 2.24) is 35.9 Å². The van der Waals surface area contributed by atoms with Crippen molar-refractivity contribution < 1.29 is 29.4 Å². The van der Waals surface area contributed by atoms with Crippen LogP contribution in [0.25, 0.3) is 0 Å². The lowest BCUT2D eigenvalue weighted by molar-refractivity contribution is -0.142. The predicted octanol–water partition coefficient (Wildman–Crippen LogP) is -2.91. The van der Waals surface area contributed by atoms with Gasteiger partial charge in [-0.05, 0) is 6.92 Å². The van der Waals surface area contributed by atoms with Gasteiger partial charge in [-0.25, -0.2) is 14.8 Å². The van der Waals surface area contributed by atoms with E-state index in [9.17, 15) is 29.4 Å². The second-order valence-corrected chi connectivity index (χ2v) is 7.90. The fourth-order valence-corrected chi connectivity index (χ4v) is 3.19. The van der Waals surface area contributed by atoms with Crippen LogP contribution in [-0.2, 0) is 32.0 Å². The molecule has 5 unspecified atom stereocenters. The van der Waals surface area contributed by atoms with E-state index in [1.165, 1.54) is 32.0 Å². The van der Waals surface area contributed by atoms with E-state index in [0.29, 0.717) is 11.4 Å². The van der Waals surface area contributed by atoms with Crippen LogP contribution in [0.15, 0.2) is 25.0 Å². The lowest BCUT2D eigenvalue weighted by atomic mass is 10.1. The number of nitrogens with zero attached hydrogens (tertiary/aromatic N) is 2. The van der Waals surface area contributed by atoms with Gasteiger partial charge in [-0.1, -0.05) is 0 Å². The van der Waals surface area contributed by atoms with Gasteiger partial charge in [0.15, 0.2) is 0 Å². The Bertz CT molecular complexity index is 952. The number of nitrogens with one attached hydrogen (secondary N) is 5. The lowest BCUT2D eigenvalue weighted by Crippen LogP contribution is -2.60. The van der Waals surface area contributed by atoms with Crippen molar-refractivity contribution in [3.63, 3.8) is 0 Å². The maximum atomic E-state index is 12.7. The Labute approximate surface area is 199 Å². The highest BCUT2D eigenvalue weighted by Crippen LogP contribution is 2.03. The number of rotatable bonds is 13. The normalized spacial score (nSPS) is 15.4. The van der Waals surface area contributed by atoms with Crippen molar-refractivity contribution >= 4 is 36.3 Å². The van der Waals surface area contributed by atoms with Crippen LogP contribution >= 0.6 is 12.6 Å². The molecule has 15 heteroatoms. The minimum absolute atomic E-state index is 0.0606. The van der Waals surface area contributed by atoms with Gasteiger partial charge in [-0.3, -0.25) is 14.4 Å². The molecule has 0 fully saturated rings. The van der Waals surface area contributed by atoms with Gasteiger partial charge >= 0.3 is 5.97 Å². The highest BCUT2D eigenvalue weighted by Gasteiger charge is 2.32. The average Bonchev–Trinajstić information content (AvgIpc) is 3.48. The molecule has 186 valence electrons. The molecule has 0 aliphatic carbocycles. The van der Waals surface area contributed by atoms with Gasteiger partial charge in [0.05, 0.1) is 24.8 Å². The molecular formula is C19H28N8O6S. The highest BCUT2D eigenvalue weighted by molar-refractivity contribution is 7.80. The number of aliphatic hydroxyl groups is 1. The van der Waals surface area contributed by atoms with Crippen LogP contribution in [-0.4, -0.2) is 89.9 Å². The molecule has 9 N–H and O–H groups in total. The van der Waals surface area contributed by atoms with E-state index in [2.05, 4.69) is 48.5 Å². The molecule has 2 heterocycles. The number of aliphatic carboxylic acids is 1. The summed E-state index contributed by atoms with van der Waals surface area (Å²) in [4.78, 5) is 62.5. The molecule has 3 amide bonds. The summed E-state index contributed by atoms with van der Waals surface area (Å²) in [6.45, 7) is 1.28. The Hall–Kier alpha value is -3.43. The minimum Gasteiger partial charge on any atom is -0.480 e. The molecular weight excluding hydrogens is 468 g/mol. The number of carbonyl (C=O) groups is 4. The number of carbonyl (C=O) groups excluding carboxylic acids is 3. The summed E-state index contributed by atoms with van der Waals surface area (Å²) >= 11 is 4.05. The number of carboxylic acid groups (broad SMARTS) is 1. The van der Waals surface area contributed by atoms with Crippen molar-refractivity contribution in [2.24, 2.45) is 5.73 Å². The summed E-state index contributed by atoms with van der Waals surface area (Å²) in [6, 6.07) is -4.98. The van der Waals surface area contributed by atoms with Crippen LogP contribution in [0.2, 0.25) is 0 Å². The first-order valence-electron chi connectivity index (χ1n) is 10.2. The number of imidazole rings is 2. The van der Waals surface area contributed by atoms with Gasteiger partial charge in [-0.2, -0.15) is 12.6 Å². The topological polar surface area (TPSA) is 228 Å². The Morgan fingerprint density at radius 1 is 0.971 bits per heavy atom. The highest BCUT2D eigenvalue weighted by atomic mass is 32.1. The summed E-state index contributed by atoms with van der Waals surface area (Å²) in [6.07, 6.45) is 4.46. The quantitative estimate of drug-likeness (QED) is 0.129. The van der Waals surface area contributed by atoms with Gasteiger partial charge in [0.1, 0.15) is 18.1 Å². The Morgan fingerprint density at radius 2 is 1.53 bits per heavy atom.